The predicted octanol–water partition coefficient (Wildman–Crippen LogP) is 5.24. The fraction of sp³-hybridized carbons (Fsp3) is 0.182. The van der Waals surface area contributed by atoms with E-state index in [0.29, 0.717) is 22.4 Å². The quantitative estimate of drug-likeness (QED) is 0.457. The first-order valence-corrected chi connectivity index (χ1v) is 9.80. The summed E-state index contributed by atoms with van der Waals surface area (Å²) >= 11 is 1.35. The standard InChI is InChI=1S/C22H19NO3S/c1-3-14-9-5-7-11-17(14)23(4-2)21(24)19-13-16-20(27-19)15-10-6-8-12-18(15)26-22(16)25/h5-13H,3-4H2,1-2H3. The van der Waals surface area contributed by atoms with E-state index >= 15 is 0 Å². The fourth-order valence-corrected chi connectivity index (χ4v) is 4.50. The summed E-state index contributed by atoms with van der Waals surface area (Å²) in [6.45, 7) is 4.59. The van der Waals surface area contributed by atoms with Crippen LogP contribution in [0.1, 0.15) is 29.1 Å². The minimum atomic E-state index is -0.406. The van der Waals surface area contributed by atoms with Gasteiger partial charge in [-0.05, 0) is 43.2 Å². The molecule has 0 saturated heterocycles. The van der Waals surface area contributed by atoms with Crippen molar-refractivity contribution in [2.45, 2.75) is 20.3 Å². The zero-order valence-electron chi connectivity index (χ0n) is 15.2. The van der Waals surface area contributed by atoms with E-state index in [1.54, 1.807) is 17.0 Å². The van der Waals surface area contributed by atoms with Crippen LogP contribution in [0, 0.1) is 0 Å². The van der Waals surface area contributed by atoms with Crippen molar-refractivity contribution < 1.29 is 9.21 Å². The Balaban J connectivity index is 1.86. The van der Waals surface area contributed by atoms with Gasteiger partial charge in [-0.25, -0.2) is 4.79 Å². The van der Waals surface area contributed by atoms with E-state index in [1.165, 1.54) is 11.3 Å². The Labute approximate surface area is 160 Å². The third-order valence-electron chi connectivity index (χ3n) is 4.72. The fourth-order valence-electron chi connectivity index (χ4n) is 3.38. The molecule has 0 N–H and O–H groups in total. The molecule has 1 amide bonds. The summed E-state index contributed by atoms with van der Waals surface area (Å²) in [4.78, 5) is 27.9. The number of anilines is 1. The number of fused-ring (bicyclic) bond motifs is 3. The Morgan fingerprint density at radius 2 is 1.78 bits per heavy atom. The Bertz CT molecular complexity index is 1210. The van der Waals surface area contributed by atoms with Crippen LogP contribution in [-0.4, -0.2) is 12.5 Å². The highest BCUT2D eigenvalue weighted by Crippen LogP contribution is 2.32. The van der Waals surface area contributed by atoms with Gasteiger partial charge in [0.25, 0.3) is 5.91 Å². The first-order chi connectivity index (χ1) is 13.1. The third-order valence-corrected chi connectivity index (χ3v) is 5.88. The van der Waals surface area contributed by atoms with E-state index in [-0.39, 0.29) is 5.91 Å². The van der Waals surface area contributed by atoms with Crippen molar-refractivity contribution in [1.29, 1.82) is 0 Å². The minimum Gasteiger partial charge on any atom is -0.422 e. The maximum Gasteiger partial charge on any atom is 0.345 e. The van der Waals surface area contributed by atoms with Gasteiger partial charge < -0.3 is 9.32 Å². The van der Waals surface area contributed by atoms with Crippen LogP contribution in [0.5, 0.6) is 0 Å². The Kier molecular flexibility index (Phi) is 4.54. The summed E-state index contributed by atoms with van der Waals surface area (Å²) in [7, 11) is 0. The van der Waals surface area contributed by atoms with Crippen LogP contribution in [-0.2, 0) is 6.42 Å². The van der Waals surface area contributed by atoms with E-state index in [2.05, 4.69) is 6.92 Å². The molecule has 4 nitrogen and oxygen atoms in total. The molecule has 0 atom stereocenters. The first kappa shape index (κ1) is 17.5. The highest BCUT2D eigenvalue weighted by atomic mass is 32.1. The average Bonchev–Trinajstić information content (AvgIpc) is 3.15. The van der Waals surface area contributed by atoms with Crippen molar-refractivity contribution in [3.63, 3.8) is 0 Å². The molecule has 2 aromatic carbocycles. The maximum atomic E-state index is 13.3. The SMILES string of the molecule is CCc1ccccc1N(CC)C(=O)c1cc2c(=O)oc3ccccc3c2s1. The van der Waals surface area contributed by atoms with Gasteiger partial charge in [0.05, 0.1) is 15.0 Å². The molecule has 2 aromatic heterocycles. The molecule has 5 heteroatoms. The second-order valence-electron chi connectivity index (χ2n) is 6.27. The van der Waals surface area contributed by atoms with Crippen LogP contribution in [0.2, 0.25) is 0 Å². The van der Waals surface area contributed by atoms with Gasteiger partial charge in [0.15, 0.2) is 0 Å². The molecular weight excluding hydrogens is 358 g/mol. The normalized spacial score (nSPS) is 11.2. The molecule has 0 aliphatic rings. The van der Waals surface area contributed by atoms with Crippen LogP contribution in [0.15, 0.2) is 63.8 Å². The third kappa shape index (κ3) is 2.94. The lowest BCUT2D eigenvalue weighted by molar-refractivity contribution is 0.0992. The molecule has 2 heterocycles. The summed E-state index contributed by atoms with van der Waals surface area (Å²) < 4.78 is 6.20. The van der Waals surface area contributed by atoms with Gasteiger partial charge in [0.1, 0.15) is 5.58 Å². The first-order valence-electron chi connectivity index (χ1n) is 8.99. The smallest absolute Gasteiger partial charge is 0.345 e. The molecule has 0 spiro atoms. The van der Waals surface area contributed by atoms with Crippen LogP contribution < -0.4 is 10.5 Å². The number of hydrogen-bond acceptors (Lipinski definition) is 4. The topological polar surface area (TPSA) is 50.5 Å². The Morgan fingerprint density at radius 1 is 1.04 bits per heavy atom. The molecule has 0 saturated carbocycles. The molecule has 27 heavy (non-hydrogen) atoms. The highest BCUT2D eigenvalue weighted by molar-refractivity contribution is 7.21. The highest BCUT2D eigenvalue weighted by Gasteiger charge is 2.22. The molecule has 0 fully saturated rings. The van der Waals surface area contributed by atoms with Crippen molar-refractivity contribution >= 4 is 44.0 Å². The number of para-hydroxylation sites is 2. The predicted molar refractivity (Wildman–Crippen MR) is 111 cm³/mol. The van der Waals surface area contributed by atoms with Gasteiger partial charge in [0.2, 0.25) is 0 Å². The van der Waals surface area contributed by atoms with Crippen molar-refractivity contribution in [2.24, 2.45) is 0 Å². The molecule has 0 bridgehead atoms. The molecule has 0 aliphatic carbocycles. The van der Waals surface area contributed by atoms with Crippen molar-refractivity contribution in [3.8, 4) is 0 Å². The maximum absolute atomic E-state index is 13.3. The van der Waals surface area contributed by atoms with Crippen LogP contribution in [0.4, 0.5) is 5.69 Å². The lowest BCUT2D eigenvalue weighted by Gasteiger charge is -2.23. The second-order valence-corrected chi connectivity index (χ2v) is 7.32. The zero-order valence-corrected chi connectivity index (χ0v) is 16.0. The van der Waals surface area contributed by atoms with Gasteiger partial charge in [-0.2, -0.15) is 0 Å². The summed E-state index contributed by atoms with van der Waals surface area (Å²) in [5.41, 5.74) is 2.18. The Morgan fingerprint density at radius 3 is 2.56 bits per heavy atom. The van der Waals surface area contributed by atoms with E-state index in [4.69, 9.17) is 4.42 Å². The number of aryl methyl sites for hydroxylation is 1. The lowest BCUT2D eigenvalue weighted by atomic mass is 10.1. The summed E-state index contributed by atoms with van der Waals surface area (Å²) in [5, 5.41) is 1.31. The minimum absolute atomic E-state index is 0.0944. The van der Waals surface area contributed by atoms with Crippen LogP contribution >= 0.6 is 11.3 Å². The molecule has 0 aliphatic heterocycles. The number of carbonyl (C=O) groups is 1. The molecule has 0 radical (unpaired) electrons. The number of nitrogens with zero attached hydrogens (tertiary/aromatic N) is 1. The average molecular weight is 377 g/mol. The van der Waals surface area contributed by atoms with E-state index in [1.807, 2.05) is 49.4 Å². The van der Waals surface area contributed by atoms with Crippen LogP contribution in [0.3, 0.4) is 0 Å². The van der Waals surface area contributed by atoms with Gasteiger partial charge in [0, 0.05) is 17.6 Å². The number of rotatable bonds is 4. The summed E-state index contributed by atoms with van der Waals surface area (Å²) in [6, 6.07) is 17.0. The van der Waals surface area contributed by atoms with E-state index in [0.717, 1.165) is 27.8 Å². The molecule has 4 rings (SSSR count). The van der Waals surface area contributed by atoms with Gasteiger partial charge in [-0.3, -0.25) is 4.79 Å². The number of thiophene rings is 1. The van der Waals surface area contributed by atoms with E-state index < -0.39 is 5.63 Å². The molecule has 136 valence electrons. The summed E-state index contributed by atoms with van der Waals surface area (Å²) in [5.74, 6) is -0.0944. The number of hydrogen-bond donors (Lipinski definition) is 0. The second kappa shape index (κ2) is 7.00. The van der Waals surface area contributed by atoms with Crippen LogP contribution in [0.25, 0.3) is 21.1 Å². The van der Waals surface area contributed by atoms with E-state index in [9.17, 15) is 9.59 Å². The van der Waals surface area contributed by atoms with Gasteiger partial charge in [-0.15, -0.1) is 11.3 Å². The van der Waals surface area contributed by atoms with Crippen molar-refractivity contribution in [1.82, 2.24) is 0 Å². The number of amides is 1. The molecule has 4 aromatic rings. The molecular formula is C22H19NO3S. The Hall–Kier alpha value is -2.92. The molecule has 0 unspecified atom stereocenters. The lowest BCUT2D eigenvalue weighted by Crippen LogP contribution is -2.30. The summed E-state index contributed by atoms with van der Waals surface area (Å²) in [6.07, 6.45) is 0.848. The van der Waals surface area contributed by atoms with Gasteiger partial charge >= 0.3 is 5.63 Å². The largest absolute Gasteiger partial charge is 0.422 e. The number of benzene rings is 2. The zero-order chi connectivity index (χ0) is 19.0. The number of carbonyl (C=O) groups excluding carboxylic acids is 1. The van der Waals surface area contributed by atoms with Gasteiger partial charge in [-0.1, -0.05) is 37.3 Å². The monoisotopic (exact) mass is 377 g/mol. The van der Waals surface area contributed by atoms with Crippen molar-refractivity contribution in [3.05, 3.63) is 75.5 Å². The van der Waals surface area contributed by atoms with Crippen molar-refractivity contribution in [2.75, 3.05) is 11.4 Å².